The van der Waals surface area contributed by atoms with Crippen LogP contribution in [0, 0.1) is 0 Å². The Balaban J connectivity index is 1.04. The zero-order valence-electron chi connectivity index (χ0n) is 28.0. The van der Waals surface area contributed by atoms with E-state index in [0.717, 1.165) is 17.8 Å². The second-order valence-electron chi connectivity index (χ2n) is 13.3. The summed E-state index contributed by atoms with van der Waals surface area (Å²) in [5, 5.41) is 5.17. The molecule has 3 heteroatoms. The molecule has 2 heterocycles. The number of fused-ring (bicyclic) bond motifs is 6. The number of anilines is 3. The van der Waals surface area contributed by atoms with Gasteiger partial charge in [-0.3, -0.25) is 0 Å². The molecule has 0 saturated carbocycles. The number of rotatable bonds is 6. The van der Waals surface area contributed by atoms with Crippen LogP contribution in [0.3, 0.4) is 0 Å². The van der Waals surface area contributed by atoms with Crippen LogP contribution in [0.5, 0.6) is 0 Å². The summed E-state index contributed by atoms with van der Waals surface area (Å²) >= 11 is 1.87. The molecule has 0 aliphatic heterocycles. The number of aromatic nitrogens is 1. The highest BCUT2D eigenvalue weighted by Gasteiger charge is 2.19. The van der Waals surface area contributed by atoms with Crippen molar-refractivity contribution < 1.29 is 0 Å². The molecule has 51 heavy (non-hydrogen) atoms. The molecular weight excluding hydrogens is 637 g/mol. The summed E-state index contributed by atoms with van der Waals surface area (Å²) in [6.45, 7) is 0. The molecule has 10 rings (SSSR count). The molecule has 1 unspecified atom stereocenters. The van der Waals surface area contributed by atoms with Gasteiger partial charge in [0.2, 0.25) is 0 Å². The Hall–Kier alpha value is -6.16. The molecule has 2 aromatic heterocycles. The highest BCUT2D eigenvalue weighted by atomic mass is 32.1. The van der Waals surface area contributed by atoms with Crippen LogP contribution in [0.1, 0.15) is 17.9 Å². The molecule has 0 radical (unpaired) electrons. The lowest BCUT2D eigenvalue weighted by Crippen LogP contribution is -2.10. The Morgan fingerprint density at radius 1 is 0.510 bits per heavy atom. The molecule has 2 nitrogen and oxygen atoms in total. The van der Waals surface area contributed by atoms with Gasteiger partial charge in [0.15, 0.2) is 0 Å². The minimum absolute atomic E-state index is 0.421. The minimum atomic E-state index is 0.421. The van der Waals surface area contributed by atoms with Crippen molar-refractivity contribution in [3.63, 3.8) is 0 Å². The zero-order valence-corrected chi connectivity index (χ0v) is 28.8. The quantitative estimate of drug-likeness (QED) is 0.171. The van der Waals surface area contributed by atoms with E-state index in [4.69, 9.17) is 0 Å². The van der Waals surface area contributed by atoms with Gasteiger partial charge in [-0.15, -0.1) is 11.3 Å². The fourth-order valence-corrected chi connectivity index (χ4v) is 9.05. The first-order valence-electron chi connectivity index (χ1n) is 17.6. The Kier molecular flexibility index (Phi) is 7.18. The summed E-state index contributed by atoms with van der Waals surface area (Å²) in [4.78, 5) is 2.42. The van der Waals surface area contributed by atoms with Crippen molar-refractivity contribution >= 4 is 70.4 Å². The number of hydrogen-bond acceptors (Lipinski definition) is 2. The zero-order chi connectivity index (χ0) is 33.7. The predicted octanol–water partition coefficient (Wildman–Crippen LogP) is 13.9. The molecule has 0 spiro atoms. The van der Waals surface area contributed by atoms with Crippen molar-refractivity contribution in [2.24, 2.45) is 0 Å². The summed E-state index contributed by atoms with van der Waals surface area (Å²) in [5.41, 5.74) is 10.8. The smallest absolute Gasteiger partial charge is 0.0640 e. The molecule has 1 atom stereocenters. The number of para-hydroxylation sites is 2. The van der Waals surface area contributed by atoms with Crippen LogP contribution in [0.25, 0.3) is 58.8 Å². The highest BCUT2D eigenvalue weighted by Crippen LogP contribution is 2.45. The lowest BCUT2D eigenvalue weighted by molar-refractivity contribution is 0.854. The molecule has 7 aromatic carbocycles. The maximum absolute atomic E-state index is 2.42. The topological polar surface area (TPSA) is 8.17 Å². The van der Waals surface area contributed by atoms with Gasteiger partial charge in [-0.25, -0.2) is 0 Å². The highest BCUT2D eigenvalue weighted by molar-refractivity contribution is 7.26. The molecule has 0 N–H and O–H groups in total. The molecule has 9 aromatic rings. The third-order valence-corrected chi connectivity index (χ3v) is 11.6. The Morgan fingerprint density at radius 3 is 1.76 bits per heavy atom. The van der Waals surface area contributed by atoms with E-state index in [1.807, 2.05) is 11.3 Å². The van der Waals surface area contributed by atoms with Gasteiger partial charge in [0.25, 0.3) is 0 Å². The number of hydrogen-bond donors (Lipinski definition) is 0. The van der Waals surface area contributed by atoms with E-state index in [9.17, 15) is 0 Å². The number of thiophene rings is 1. The van der Waals surface area contributed by atoms with Gasteiger partial charge in [-0.1, -0.05) is 127 Å². The van der Waals surface area contributed by atoms with Crippen molar-refractivity contribution in [1.82, 2.24) is 4.57 Å². The SMILES string of the molecule is C1=CCC(c2ccc(N(c3ccc(-c4ccc(-n5c6ccccc6c6ccccc65)cc4)cc3)c3cccc4c3sc3ccccc34)cc2)C=C1. The third-order valence-electron chi connectivity index (χ3n) is 10.3. The van der Waals surface area contributed by atoms with Crippen molar-refractivity contribution in [3.05, 3.63) is 194 Å². The van der Waals surface area contributed by atoms with Crippen molar-refractivity contribution in [2.45, 2.75) is 12.3 Å². The van der Waals surface area contributed by atoms with E-state index in [1.54, 1.807) is 0 Å². The molecule has 0 fully saturated rings. The maximum atomic E-state index is 2.42. The van der Waals surface area contributed by atoms with Crippen LogP contribution in [-0.2, 0) is 0 Å². The lowest BCUT2D eigenvalue weighted by Gasteiger charge is -2.27. The summed E-state index contributed by atoms with van der Waals surface area (Å²) in [6, 6.07) is 60.0. The standard InChI is InChI=1S/C48H34N2S/c1-2-11-33(12-3-1)34-21-27-37(28-22-34)49(46-19-10-16-43-42-15-6-9-20-47(42)51-48(43)46)38-29-23-35(24-30-38)36-25-31-39(32-26-36)50-44-17-7-4-13-40(44)41-14-5-8-18-45(41)50/h1-11,13-33H,12H2. The van der Waals surface area contributed by atoms with Gasteiger partial charge in [-0.2, -0.15) is 0 Å². The summed E-state index contributed by atoms with van der Waals surface area (Å²) < 4.78 is 4.98. The maximum Gasteiger partial charge on any atom is 0.0640 e. The average molecular weight is 671 g/mol. The van der Waals surface area contributed by atoms with Crippen LogP contribution in [0.15, 0.2) is 188 Å². The van der Waals surface area contributed by atoms with E-state index >= 15 is 0 Å². The third kappa shape index (κ3) is 5.09. The Labute approximate surface area is 301 Å². The van der Waals surface area contributed by atoms with E-state index in [0.29, 0.717) is 5.92 Å². The Bertz CT molecular complexity index is 2710. The summed E-state index contributed by atoms with van der Waals surface area (Å²) in [6.07, 6.45) is 9.91. The average Bonchev–Trinajstić information content (AvgIpc) is 3.76. The van der Waals surface area contributed by atoms with E-state index < -0.39 is 0 Å². The van der Waals surface area contributed by atoms with Crippen LogP contribution < -0.4 is 4.90 Å². The molecule has 1 aliphatic rings. The van der Waals surface area contributed by atoms with E-state index in [1.165, 1.54) is 70.0 Å². The van der Waals surface area contributed by atoms with Gasteiger partial charge >= 0.3 is 0 Å². The first-order chi connectivity index (χ1) is 25.3. The fourth-order valence-electron chi connectivity index (χ4n) is 7.84. The predicted molar refractivity (Wildman–Crippen MR) is 219 cm³/mol. The number of allylic oxidation sites excluding steroid dienone is 4. The van der Waals surface area contributed by atoms with Crippen molar-refractivity contribution in [2.75, 3.05) is 4.90 Å². The van der Waals surface area contributed by atoms with Gasteiger partial charge in [0, 0.05) is 49.2 Å². The monoisotopic (exact) mass is 670 g/mol. The van der Waals surface area contributed by atoms with Crippen LogP contribution >= 0.6 is 11.3 Å². The molecule has 0 amide bonds. The number of benzene rings is 7. The molecule has 0 saturated heterocycles. The summed E-state index contributed by atoms with van der Waals surface area (Å²) in [7, 11) is 0. The van der Waals surface area contributed by atoms with E-state index in [2.05, 4.69) is 198 Å². The molecule has 242 valence electrons. The summed E-state index contributed by atoms with van der Waals surface area (Å²) in [5.74, 6) is 0.421. The lowest BCUT2D eigenvalue weighted by atomic mass is 9.92. The largest absolute Gasteiger partial charge is 0.309 e. The first-order valence-corrected chi connectivity index (χ1v) is 18.4. The van der Waals surface area contributed by atoms with Crippen LogP contribution in [-0.4, -0.2) is 4.57 Å². The van der Waals surface area contributed by atoms with Gasteiger partial charge in [0.05, 0.1) is 21.4 Å². The van der Waals surface area contributed by atoms with Gasteiger partial charge in [0.1, 0.15) is 0 Å². The van der Waals surface area contributed by atoms with Gasteiger partial charge in [-0.05, 0) is 83.8 Å². The second-order valence-corrected chi connectivity index (χ2v) is 14.3. The van der Waals surface area contributed by atoms with E-state index in [-0.39, 0.29) is 0 Å². The molecular formula is C48H34N2S. The van der Waals surface area contributed by atoms with Crippen LogP contribution in [0.4, 0.5) is 17.1 Å². The number of nitrogens with zero attached hydrogens (tertiary/aromatic N) is 2. The molecule has 0 bridgehead atoms. The second kappa shape index (κ2) is 12.3. The first kappa shape index (κ1) is 29.7. The fraction of sp³-hybridized carbons (Fsp3) is 0.0417. The van der Waals surface area contributed by atoms with Crippen molar-refractivity contribution in [1.29, 1.82) is 0 Å². The van der Waals surface area contributed by atoms with Gasteiger partial charge < -0.3 is 9.47 Å². The normalized spacial score (nSPS) is 14.2. The Morgan fingerprint density at radius 2 is 1.10 bits per heavy atom. The van der Waals surface area contributed by atoms with Crippen LogP contribution in [0.2, 0.25) is 0 Å². The van der Waals surface area contributed by atoms with Crippen molar-refractivity contribution in [3.8, 4) is 16.8 Å². The molecule has 1 aliphatic carbocycles. The minimum Gasteiger partial charge on any atom is -0.309 e.